The molecule has 5 heteroatoms. The fourth-order valence-corrected chi connectivity index (χ4v) is 3.30. The normalized spacial score (nSPS) is 17.6. The molecule has 0 heterocycles. The van der Waals surface area contributed by atoms with Crippen molar-refractivity contribution in [2.24, 2.45) is 0 Å². The summed E-state index contributed by atoms with van der Waals surface area (Å²) in [7, 11) is -3.26. The number of benzene rings is 1. The largest absolute Gasteiger partial charge is 0.396 e. The lowest BCUT2D eigenvalue weighted by Crippen LogP contribution is -2.23. The van der Waals surface area contributed by atoms with E-state index >= 15 is 0 Å². The van der Waals surface area contributed by atoms with Gasteiger partial charge >= 0.3 is 0 Å². The first kappa shape index (κ1) is 13.2. The summed E-state index contributed by atoms with van der Waals surface area (Å²) in [6.45, 7) is 0. The van der Waals surface area contributed by atoms with Gasteiger partial charge in [-0.3, -0.25) is 0 Å². The van der Waals surface area contributed by atoms with E-state index in [9.17, 15) is 8.42 Å². The fraction of sp³-hybridized carbons (Fsp3) is 0.538. The van der Waals surface area contributed by atoms with E-state index in [1.54, 1.807) is 12.1 Å². The maximum absolute atomic E-state index is 11.6. The van der Waals surface area contributed by atoms with Gasteiger partial charge in [0, 0.05) is 12.3 Å². The van der Waals surface area contributed by atoms with Gasteiger partial charge in [-0.15, -0.1) is 0 Å². The van der Waals surface area contributed by atoms with Gasteiger partial charge in [0.25, 0.3) is 0 Å². The van der Waals surface area contributed by atoms with E-state index < -0.39 is 9.84 Å². The van der Waals surface area contributed by atoms with Gasteiger partial charge in [-0.25, -0.2) is 8.42 Å². The molecule has 0 aliphatic heterocycles. The standard InChI is InChI=1S/C13H20N2O2S/c1-18(16,17)12-9-5-8-11(13(12)14)15-10-6-3-2-4-7-10/h5,8-10,15H,2-4,6-7,14H2,1H3. The Kier molecular flexibility index (Phi) is 3.80. The van der Waals surface area contributed by atoms with Crippen LogP contribution in [0.1, 0.15) is 32.1 Å². The number of nitrogen functional groups attached to an aromatic ring is 1. The molecule has 0 aromatic heterocycles. The lowest BCUT2D eigenvalue weighted by molar-refractivity contribution is 0.463. The molecule has 0 bridgehead atoms. The summed E-state index contributed by atoms with van der Waals surface area (Å²) in [6.07, 6.45) is 7.18. The highest BCUT2D eigenvalue weighted by Crippen LogP contribution is 2.29. The van der Waals surface area contributed by atoms with E-state index in [-0.39, 0.29) is 4.90 Å². The van der Waals surface area contributed by atoms with Crippen LogP contribution in [-0.2, 0) is 9.84 Å². The summed E-state index contributed by atoms with van der Waals surface area (Å²) < 4.78 is 23.2. The lowest BCUT2D eigenvalue weighted by Gasteiger charge is -2.25. The molecule has 1 aliphatic carbocycles. The third-order valence-electron chi connectivity index (χ3n) is 3.43. The van der Waals surface area contributed by atoms with Crippen LogP contribution in [0, 0.1) is 0 Å². The van der Waals surface area contributed by atoms with Crippen LogP contribution in [0.2, 0.25) is 0 Å². The molecular formula is C13H20N2O2S. The van der Waals surface area contributed by atoms with Crippen molar-refractivity contribution in [1.29, 1.82) is 0 Å². The van der Waals surface area contributed by atoms with Crippen molar-refractivity contribution < 1.29 is 8.42 Å². The smallest absolute Gasteiger partial charge is 0.177 e. The summed E-state index contributed by atoms with van der Waals surface area (Å²) in [4.78, 5) is 0.211. The maximum Gasteiger partial charge on any atom is 0.177 e. The Hall–Kier alpha value is -1.23. The molecule has 1 aliphatic rings. The maximum atomic E-state index is 11.6. The van der Waals surface area contributed by atoms with E-state index in [1.165, 1.54) is 25.5 Å². The minimum atomic E-state index is -3.26. The number of para-hydroxylation sites is 1. The van der Waals surface area contributed by atoms with Crippen LogP contribution in [0.5, 0.6) is 0 Å². The van der Waals surface area contributed by atoms with Crippen molar-refractivity contribution >= 4 is 21.2 Å². The molecule has 1 aromatic rings. The Morgan fingerprint density at radius 1 is 1.22 bits per heavy atom. The van der Waals surface area contributed by atoms with Crippen LogP contribution >= 0.6 is 0 Å². The molecule has 0 unspecified atom stereocenters. The zero-order valence-electron chi connectivity index (χ0n) is 10.6. The Morgan fingerprint density at radius 2 is 1.89 bits per heavy atom. The van der Waals surface area contributed by atoms with Crippen molar-refractivity contribution in [3.63, 3.8) is 0 Å². The number of hydrogen-bond donors (Lipinski definition) is 2. The molecule has 3 N–H and O–H groups in total. The Labute approximate surface area is 108 Å². The lowest BCUT2D eigenvalue weighted by atomic mass is 9.95. The summed E-state index contributed by atoms with van der Waals surface area (Å²) in [5.74, 6) is 0. The molecule has 0 amide bonds. The zero-order valence-corrected chi connectivity index (χ0v) is 11.5. The van der Waals surface area contributed by atoms with Crippen LogP contribution in [0.4, 0.5) is 11.4 Å². The molecule has 0 saturated heterocycles. The van der Waals surface area contributed by atoms with Gasteiger partial charge in [-0.05, 0) is 25.0 Å². The van der Waals surface area contributed by atoms with Gasteiger partial charge in [0.2, 0.25) is 0 Å². The highest BCUT2D eigenvalue weighted by molar-refractivity contribution is 7.90. The number of nitrogens with two attached hydrogens (primary N) is 1. The number of hydrogen-bond acceptors (Lipinski definition) is 4. The third kappa shape index (κ3) is 2.96. The van der Waals surface area contributed by atoms with Crippen molar-refractivity contribution in [3.05, 3.63) is 18.2 Å². The van der Waals surface area contributed by atoms with Gasteiger partial charge in [0.15, 0.2) is 9.84 Å². The van der Waals surface area contributed by atoms with Crippen LogP contribution in [0.25, 0.3) is 0 Å². The molecular weight excluding hydrogens is 248 g/mol. The molecule has 0 radical (unpaired) electrons. The highest BCUT2D eigenvalue weighted by atomic mass is 32.2. The second kappa shape index (κ2) is 5.18. The average molecular weight is 268 g/mol. The second-order valence-corrected chi connectivity index (χ2v) is 6.95. The zero-order chi connectivity index (χ0) is 13.2. The van der Waals surface area contributed by atoms with E-state index in [2.05, 4.69) is 5.32 Å². The number of anilines is 2. The minimum Gasteiger partial charge on any atom is -0.396 e. The van der Waals surface area contributed by atoms with Crippen molar-refractivity contribution in [2.45, 2.75) is 43.0 Å². The van der Waals surface area contributed by atoms with E-state index in [1.807, 2.05) is 6.07 Å². The molecule has 18 heavy (non-hydrogen) atoms. The predicted octanol–water partition coefficient (Wildman–Crippen LogP) is 2.42. The fourth-order valence-electron chi connectivity index (χ4n) is 2.46. The summed E-state index contributed by atoms with van der Waals surface area (Å²) >= 11 is 0. The van der Waals surface area contributed by atoms with E-state index in [0.29, 0.717) is 11.7 Å². The summed E-state index contributed by atoms with van der Waals surface area (Å²) in [6, 6.07) is 5.55. The Bertz CT molecular complexity index is 520. The third-order valence-corrected chi connectivity index (χ3v) is 4.59. The topological polar surface area (TPSA) is 72.2 Å². The quantitative estimate of drug-likeness (QED) is 0.826. The number of rotatable bonds is 3. The molecule has 1 saturated carbocycles. The van der Waals surface area contributed by atoms with Crippen LogP contribution in [-0.4, -0.2) is 20.7 Å². The van der Waals surface area contributed by atoms with Crippen molar-refractivity contribution in [2.75, 3.05) is 17.3 Å². The number of nitrogens with one attached hydrogen (secondary N) is 1. The Morgan fingerprint density at radius 3 is 2.50 bits per heavy atom. The van der Waals surface area contributed by atoms with Crippen molar-refractivity contribution in [1.82, 2.24) is 0 Å². The van der Waals surface area contributed by atoms with E-state index in [4.69, 9.17) is 5.73 Å². The molecule has 1 aromatic carbocycles. The average Bonchev–Trinajstić information content (AvgIpc) is 2.32. The second-order valence-electron chi connectivity index (χ2n) is 4.97. The monoisotopic (exact) mass is 268 g/mol. The van der Waals surface area contributed by atoms with Gasteiger partial charge in [-0.1, -0.05) is 25.3 Å². The summed E-state index contributed by atoms with van der Waals surface area (Å²) in [5, 5.41) is 3.37. The first-order chi connectivity index (χ1) is 8.48. The molecule has 100 valence electrons. The molecule has 4 nitrogen and oxygen atoms in total. The summed E-state index contributed by atoms with van der Waals surface area (Å²) in [5.41, 5.74) is 7.02. The number of sulfone groups is 1. The molecule has 1 fully saturated rings. The van der Waals surface area contributed by atoms with Gasteiger partial charge < -0.3 is 11.1 Å². The van der Waals surface area contributed by atoms with Gasteiger partial charge in [-0.2, -0.15) is 0 Å². The highest BCUT2D eigenvalue weighted by Gasteiger charge is 2.17. The Balaban J connectivity index is 2.23. The SMILES string of the molecule is CS(=O)(=O)c1cccc(NC2CCCCC2)c1N. The van der Waals surface area contributed by atoms with Gasteiger partial charge in [0.05, 0.1) is 16.3 Å². The predicted molar refractivity (Wildman–Crippen MR) is 74.5 cm³/mol. The minimum absolute atomic E-state index is 0.211. The molecule has 2 rings (SSSR count). The van der Waals surface area contributed by atoms with Crippen LogP contribution in [0.15, 0.2) is 23.1 Å². The van der Waals surface area contributed by atoms with Crippen LogP contribution in [0.3, 0.4) is 0 Å². The molecule has 0 spiro atoms. The van der Waals surface area contributed by atoms with E-state index in [0.717, 1.165) is 18.5 Å². The van der Waals surface area contributed by atoms with Crippen molar-refractivity contribution in [3.8, 4) is 0 Å². The van der Waals surface area contributed by atoms with Gasteiger partial charge in [0.1, 0.15) is 0 Å². The van der Waals surface area contributed by atoms with Crippen LogP contribution < -0.4 is 11.1 Å². The molecule has 0 atom stereocenters. The first-order valence-corrected chi connectivity index (χ1v) is 8.22. The first-order valence-electron chi connectivity index (χ1n) is 6.33.